The Bertz CT molecular complexity index is 1280. The van der Waals surface area contributed by atoms with Crippen LogP contribution >= 0.6 is 0 Å². The van der Waals surface area contributed by atoms with E-state index < -0.39 is 15.8 Å². The molecule has 0 amide bonds. The zero-order valence-electron chi connectivity index (χ0n) is 15.2. The highest BCUT2D eigenvalue weighted by atomic mass is 32.2. The Morgan fingerprint density at radius 3 is 2.47 bits per heavy atom. The molecule has 0 atom stereocenters. The Morgan fingerprint density at radius 2 is 1.83 bits per heavy atom. The van der Waals surface area contributed by atoms with Gasteiger partial charge in [-0.2, -0.15) is 10.5 Å². The summed E-state index contributed by atoms with van der Waals surface area (Å²) in [6, 6.07) is 14.1. The second-order valence-corrected chi connectivity index (χ2v) is 7.61. The summed E-state index contributed by atoms with van der Waals surface area (Å²) in [5.74, 6) is -0.341. The average molecular weight is 424 g/mol. The number of halogens is 1. The minimum atomic E-state index is -4.08. The quantitative estimate of drug-likeness (QED) is 0.620. The molecule has 3 aromatic rings. The van der Waals surface area contributed by atoms with Gasteiger partial charge in [0.15, 0.2) is 0 Å². The Kier molecular flexibility index (Phi) is 5.93. The lowest BCUT2D eigenvalue weighted by Crippen LogP contribution is -2.14. The van der Waals surface area contributed by atoms with E-state index in [1.165, 1.54) is 36.4 Å². The molecular formula is C20H13FN4O4S. The Balaban J connectivity index is 1.89. The van der Waals surface area contributed by atoms with Crippen LogP contribution in [0.1, 0.15) is 16.7 Å². The third-order valence-electron chi connectivity index (χ3n) is 3.94. The topological polar surface area (TPSA) is 136 Å². The number of aliphatic hydroxyl groups excluding tert-OH is 1. The van der Waals surface area contributed by atoms with Crippen molar-refractivity contribution in [2.75, 3.05) is 4.72 Å². The molecule has 1 aromatic heterocycles. The molecule has 150 valence electrons. The predicted molar refractivity (Wildman–Crippen MR) is 103 cm³/mol. The number of nitrogens with zero attached hydrogens (tertiary/aromatic N) is 3. The summed E-state index contributed by atoms with van der Waals surface area (Å²) < 4.78 is 45.8. The summed E-state index contributed by atoms with van der Waals surface area (Å²) in [6.45, 7) is -0.370. The first kappa shape index (κ1) is 20.7. The number of hydrogen-bond donors (Lipinski definition) is 2. The van der Waals surface area contributed by atoms with Crippen LogP contribution in [-0.4, -0.2) is 18.5 Å². The lowest BCUT2D eigenvalue weighted by Gasteiger charge is -2.11. The lowest BCUT2D eigenvalue weighted by atomic mass is 10.1. The smallest absolute Gasteiger partial charge is 0.263 e. The summed E-state index contributed by atoms with van der Waals surface area (Å²) >= 11 is 0. The van der Waals surface area contributed by atoms with E-state index >= 15 is 0 Å². The molecule has 0 saturated carbocycles. The van der Waals surface area contributed by atoms with E-state index in [-0.39, 0.29) is 39.9 Å². The molecule has 0 radical (unpaired) electrons. The van der Waals surface area contributed by atoms with Crippen LogP contribution in [0.5, 0.6) is 11.5 Å². The highest BCUT2D eigenvalue weighted by molar-refractivity contribution is 7.92. The standard InChI is InChI=1S/C20H13FN4O4S/c21-16-2-6-20(24-11-16)25-30(27,28)18-4-5-19(14(8-18)10-23)29-17-3-1-13(9-22)15(7-17)12-26/h1-8,11,26H,12H2,(H,24,25). The molecule has 3 rings (SSSR count). The molecule has 0 saturated heterocycles. The first-order valence-corrected chi connectivity index (χ1v) is 9.85. The van der Waals surface area contributed by atoms with E-state index in [2.05, 4.69) is 9.71 Å². The largest absolute Gasteiger partial charge is 0.456 e. The number of anilines is 1. The van der Waals surface area contributed by atoms with Gasteiger partial charge in [-0.3, -0.25) is 4.72 Å². The van der Waals surface area contributed by atoms with E-state index in [1.807, 2.05) is 12.1 Å². The Hall–Kier alpha value is -3.99. The first-order valence-electron chi connectivity index (χ1n) is 8.36. The van der Waals surface area contributed by atoms with Gasteiger partial charge >= 0.3 is 0 Å². The van der Waals surface area contributed by atoms with Crippen molar-refractivity contribution in [1.29, 1.82) is 10.5 Å². The molecule has 1 heterocycles. The fraction of sp³-hybridized carbons (Fsp3) is 0.0500. The predicted octanol–water partition coefficient (Wildman–Crippen LogP) is 3.05. The maximum absolute atomic E-state index is 12.9. The number of hydrogen-bond acceptors (Lipinski definition) is 7. The summed E-state index contributed by atoms with van der Waals surface area (Å²) in [4.78, 5) is 3.42. The van der Waals surface area contributed by atoms with Gasteiger partial charge in [-0.05, 0) is 54.1 Å². The van der Waals surface area contributed by atoms with Crippen molar-refractivity contribution in [3.63, 3.8) is 0 Å². The van der Waals surface area contributed by atoms with Crippen LogP contribution in [-0.2, 0) is 16.6 Å². The molecular weight excluding hydrogens is 411 g/mol. The van der Waals surface area contributed by atoms with Crippen molar-refractivity contribution in [3.05, 3.63) is 77.2 Å². The molecule has 0 fully saturated rings. The summed E-state index contributed by atoms with van der Waals surface area (Å²) in [6.07, 6.45) is 0.869. The van der Waals surface area contributed by atoms with E-state index in [0.29, 0.717) is 5.56 Å². The van der Waals surface area contributed by atoms with Crippen molar-refractivity contribution < 1.29 is 22.7 Å². The third-order valence-corrected chi connectivity index (χ3v) is 5.30. The molecule has 0 spiro atoms. The number of benzene rings is 2. The van der Waals surface area contributed by atoms with Crippen LogP contribution < -0.4 is 9.46 Å². The molecule has 0 bridgehead atoms. The number of ether oxygens (including phenoxy) is 1. The van der Waals surface area contributed by atoms with E-state index in [0.717, 1.165) is 18.3 Å². The van der Waals surface area contributed by atoms with Gasteiger partial charge in [-0.1, -0.05) is 0 Å². The highest BCUT2D eigenvalue weighted by Gasteiger charge is 2.18. The number of aromatic nitrogens is 1. The van der Waals surface area contributed by atoms with Crippen LogP contribution in [0, 0.1) is 28.5 Å². The van der Waals surface area contributed by atoms with E-state index in [4.69, 9.17) is 10.00 Å². The van der Waals surface area contributed by atoms with Crippen molar-refractivity contribution in [1.82, 2.24) is 4.98 Å². The molecule has 2 N–H and O–H groups in total. The van der Waals surface area contributed by atoms with Gasteiger partial charge in [0.1, 0.15) is 29.2 Å². The Labute approximate surface area is 171 Å². The molecule has 2 aromatic carbocycles. The summed E-state index contributed by atoms with van der Waals surface area (Å²) in [5.41, 5.74) is 0.579. The van der Waals surface area contributed by atoms with Crippen molar-refractivity contribution >= 4 is 15.8 Å². The number of rotatable bonds is 6. The van der Waals surface area contributed by atoms with E-state index in [9.17, 15) is 23.2 Å². The van der Waals surface area contributed by atoms with Gasteiger partial charge in [0.2, 0.25) is 0 Å². The monoisotopic (exact) mass is 424 g/mol. The van der Waals surface area contributed by atoms with Crippen molar-refractivity contribution in [3.8, 4) is 23.6 Å². The minimum Gasteiger partial charge on any atom is -0.456 e. The minimum absolute atomic E-state index is 0.0557. The third kappa shape index (κ3) is 4.52. The maximum atomic E-state index is 12.9. The molecule has 0 aliphatic carbocycles. The number of nitrogens with one attached hydrogen (secondary N) is 1. The van der Waals surface area contributed by atoms with Gasteiger partial charge < -0.3 is 9.84 Å². The van der Waals surface area contributed by atoms with Crippen LogP contribution in [0.2, 0.25) is 0 Å². The summed E-state index contributed by atoms with van der Waals surface area (Å²) in [5, 5.41) is 27.8. The highest BCUT2D eigenvalue weighted by Crippen LogP contribution is 2.29. The van der Waals surface area contributed by atoms with Crippen molar-refractivity contribution in [2.45, 2.75) is 11.5 Å². The fourth-order valence-corrected chi connectivity index (χ4v) is 3.52. The zero-order valence-corrected chi connectivity index (χ0v) is 16.0. The lowest BCUT2D eigenvalue weighted by molar-refractivity contribution is 0.281. The zero-order chi connectivity index (χ0) is 21.7. The molecule has 30 heavy (non-hydrogen) atoms. The number of sulfonamides is 1. The first-order chi connectivity index (χ1) is 14.4. The van der Waals surface area contributed by atoms with Crippen LogP contribution in [0.3, 0.4) is 0 Å². The second-order valence-electron chi connectivity index (χ2n) is 5.93. The molecule has 0 unspecified atom stereocenters. The number of nitriles is 2. The number of pyridine rings is 1. The number of aliphatic hydroxyl groups is 1. The van der Waals surface area contributed by atoms with Crippen LogP contribution in [0.15, 0.2) is 59.6 Å². The summed E-state index contributed by atoms with van der Waals surface area (Å²) in [7, 11) is -4.08. The Morgan fingerprint density at radius 1 is 1.07 bits per heavy atom. The second kappa shape index (κ2) is 8.57. The molecule has 0 aliphatic heterocycles. The van der Waals surface area contributed by atoms with Gasteiger partial charge in [-0.25, -0.2) is 17.8 Å². The van der Waals surface area contributed by atoms with Crippen molar-refractivity contribution in [2.24, 2.45) is 0 Å². The maximum Gasteiger partial charge on any atom is 0.263 e. The molecule has 0 aliphatic rings. The average Bonchev–Trinajstić information content (AvgIpc) is 2.75. The normalized spacial score (nSPS) is 10.7. The fourth-order valence-electron chi connectivity index (χ4n) is 2.49. The van der Waals surface area contributed by atoms with Crippen LogP contribution in [0.25, 0.3) is 0 Å². The molecule has 10 heteroatoms. The van der Waals surface area contributed by atoms with Gasteiger partial charge in [-0.15, -0.1) is 0 Å². The van der Waals surface area contributed by atoms with Gasteiger partial charge in [0, 0.05) is 0 Å². The van der Waals surface area contributed by atoms with Gasteiger partial charge in [0.05, 0.1) is 34.9 Å². The molecule has 8 nitrogen and oxygen atoms in total. The SMILES string of the molecule is N#Cc1ccc(Oc2ccc(S(=O)(=O)Nc3ccc(F)cn3)cc2C#N)cc1CO. The van der Waals surface area contributed by atoms with Gasteiger partial charge in [0.25, 0.3) is 10.0 Å². The van der Waals surface area contributed by atoms with Crippen LogP contribution in [0.4, 0.5) is 10.2 Å². The van der Waals surface area contributed by atoms with E-state index in [1.54, 1.807) is 0 Å².